The van der Waals surface area contributed by atoms with E-state index in [0.29, 0.717) is 6.54 Å². The van der Waals surface area contributed by atoms with Crippen LogP contribution in [0.4, 0.5) is 0 Å². The summed E-state index contributed by atoms with van der Waals surface area (Å²) < 4.78 is -0.463. The zero-order valence-electron chi connectivity index (χ0n) is 7.45. The molecule has 0 atom stereocenters. The first-order chi connectivity index (χ1) is 5.58. The van der Waals surface area contributed by atoms with Crippen LogP contribution in [-0.2, 0) is 6.54 Å². The van der Waals surface area contributed by atoms with Crippen molar-refractivity contribution in [2.24, 2.45) is 0 Å². The molecule has 1 aromatic carbocycles. The van der Waals surface area contributed by atoms with Crippen LogP contribution < -0.4 is 5.43 Å². The average molecular weight is 166 g/mol. The van der Waals surface area contributed by atoms with E-state index in [1.165, 1.54) is 0 Å². The predicted molar refractivity (Wildman–Crippen MR) is 48.8 cm³/mol. The molecular weight excluding hydrogens is 152 g/mol. The van der Waals surface area contributed by atoms with Crippen LogP contribution in [-0.4, -0.2) is 18.9 Å². The normalized spacial score (nSPS) is 11.6. The monoisotopic (exact) mass is 166 g/mol. The van der Waals surface area contributed by atoms with E-state index in [1.54, 1.807) is 14.1 Å². The van der Waals surface area contributed by atoms with Crippen molar-refractivity contribution in [2.75, 3.05) is 14.1 Å². The minimum Gasteiger partial charge on any atom is -0.612 e. The van der Waals surface area contributed by atoms with E-state index in [2.05, 4.69) is 5.43 Å². The van der Waals surface area contributed by atoms with Crippen LogP contribution in [0.25, 0.3) is 0 Å². The highest BCUT2D eigenvalue weighted by atomic mass is 16.6. The zero-order chi connectivity index (χ0) is 9.03. The van der Waals surface area contributed by atoms with E-state index in [-0.39, 0.29) is 0 Å². The van der Waals surface area contributed by atoms with Crippen LogP contribution in [0.3, 0.4) is 0 Å². The molecule has 66 valence electrons. The van der Waals surface area contributed by atoms with Crippen LogP contribution >= 0.6 is 0 Å². The SMILES string of the molecule is C[N+](C)([O-])NCc1ccccc1. The molecule has 1 aromatic rings. The van der Waals surface area contributed by atoms with Crippen molar-refractivity contribution < 1.29 is 4.76 Å². The van der Waals surface area contributed by atoms with Crippen LogP contribution in [0.15, 0.2) is 30.3 Å². The maximum absolute atomic E-state index is 11.1. The molecule has 0 spiro atoms. The summed E-state index contributed by atoms with van der Waals surface area (Å²) in [6.45, 7) is 0.608. The second-order valence-electron chi connectivity index (χ2n) is 3.17. The van der Waals surface area contributed by atoms with Crippen molar-refractivity contribution in [3.8, 4) is 0 Å². The summed E-state index contributed by atoms with van der Waals surface area (Å²) in [5.41, 5.74) is 3.94. The van der Waals surface area contributed by atoms with E-state index in [4.69, 9.17) is 0 Å². The van der Waals surface area contributed by atoms with Gasteiger partial charge in [-0.1, -0.05) is 30.3 Å². The average Bonchev–Trinajstić information content (AvgIpc) is 2.02. The Balaban J connectivity index is 2.44. The third-order valence-corrected chi connectivity index (χ3v) is 1.51. The Morgan fingerprint density at radius 1 is 1.25 bits per heavy atom. The van der Waals surface area contributed by atoms with Crippen molar-refractivity contribution in [1.82, 2.24) is 5.43 Å². The number of nitrogens with one attached hydrogen (secondary N) is 1. The van der Waals surface area contributed by atoms with Gasteiger partial charge < -0.3 is 5.21 Å². The molecule has 0 saturated carbocycles. The van der Waals surface area contributed by atoms with E-state index in [1.807, 2.05) is 30.3 Å². The Kier molecular flexibility index (Phi) is 2.81. The van der Waals surface area contributed by atoms with Gasteiger partial charge in [0, 0.05) is 0 Å². The molecule has 3 nitrogen and oxygen atoms in total. The maximum atomic E-state index is 11.1. The van der Waals surface area contributed by atoms with Gasteiger partial charge in [-0.15, -0.1) is 0 Å². The smallest absolute Gasteiger partial charge is 0.0853 e. The second-order valence-corrected chi connectivity index (χ2v) is 3.17. The van der Waals surface area contributed by atoms with Gasteiger partial charge in [0.1, 0.15) is 0 Å². The number of hydroxylamine groups is 2. The number of nitrogens with zero attached hydrogens (tertiary/aromatic N) is 1. The molecule has 0 heterocycles. The number of hydrogen-bond donors (Lipinski definition) is 1. The lowest BCUT2D eigenvalue weighted by Gasteiger charge is -2.32. The van der Waals surface area contributed by atoms with Crippen LogP contribution in [0.2, 0.25) is 0 Å². The molecule has 0 fully saturated rings. The van der Waals surface area contributed by atoms with Gasteiger partial charge in [-0.05, 0) is 5.56 Å². The van der Waals surface area contributed by atoms with Gasteiger partial charge in [0.05, 0.1) is 20.6 Å². The predicted octanol–water partition coefficient (Wildman–Crippen LogP) is 1.27. The van der Waals surface area contributed by atoms with E-state index in [0.717, 1.165) is 5.56 Å². The van der Waals surface area contributed by atoms with Crippen LogP contribution in [0.5, 0.6) is 0 Å². The van der Waals surface area contributed by atoms with Crippen molar-refractivity contribution in [1.29, 1.82) is 0 Å². The standard InChI is InChI=1S/C9H14N2O/c1-11(2,12)10-8-9-6-4-3-5-7-9/h3-7,10H,8H2,1-2H3. The summed E-state index contributed by atoms with van der Waals surface area (Å²) in [6, 6.07) is 9.86. The number of hydrogen-bond acceptors (Lipinski definition) is 2. The topological polar surface area (TPSA) is 35.1 Å². The van der Waals surface area contributed by atoms with Crippen molar-refractivity contribution in [2.45, 2.75) is 6.54 Å². The first-order valence-electron chi connectivity index (χ1n) is 3.92. The minimum atomic E-state index is -0.463. The van der Waals surface area contributed by atoms with Crippen molar-refractivity contribution >= 4 is 0 Å². The summed E-state index contributed by atoms with van der Waals surface area (Å²) in [4.78, 5) is 0. The molecule has 0 aliphatic rings. The highest BCUT2D eigenvalue weighted by Gasteiger charge is 1.99. The van der Waals surface area contributed by atoms with Gasteiger partial charge in [0.2, 0.25) is 0 Å². The summed E-state index contributed by atoms with van der Waals surface area (Å²) in [7, 11) is 3.12. The minimum absolute atomic E-state index is 0.463. The van der Waals surface area contributed by atoms with Crippen molar-refractivity contribution in [3.63, 3.8) is 0 Å². The Labute approximate surface area is 72.8 Å². The maximum Gasteiger partial charge on any atom is 0.0853 e. The lowest BCUT2D eigenvalue weighted by Crippen LogP contribution is -2.45. The Morgan fingerprint density at radius 2 is 1.83 bits per heavy atom. The molecule has 3 heteroatoms. The third-order valence-electron chi connectivity index (χ3n) is 1.51. The number of rotatable bonds is 3. The fourth-order valence-corrected chi connectivity index (χ4v) is 0.878. The molecule has 1 rings (SSSR count). The molecule has 0 aliphatic carbocycles. The summed E-state index contributed by atoms with van der Waals surface area (Å²) in [5, 5.41) is 11.1. The van der Waals surface area contributed by atoms with Gasteiger partial charge in [0.25, 0.3) is 0 Å². The summed E-state index contributed by atoms with van der Waals surface area (Å²) in [6.07, 6.45) is 0. The van der Waals surface area contributed by atoms with Crippen molar-refractivity contribution in [3.05, 3.63) is 41.1 Å². The first-order valence-corrected chi connectivity index (χ1v) is 3.92. The van der Waals surface area contributed by atoms with E-state index < -0.39 is 4.76 Å². The van der Waals surface area contributed by atoms with E-state index >= 15 is 0 Å². The number of quaternary nitrogens is 1. The molecule has 0 radical (unpaired) electrons. The second kappa shape index (κ2) is 3.67. The quantitative estimate of drug-likeness (QED) is 0.542. The van der Waals surface area contributed by atoms with E-state index in [9.17, 15) is 5.21 Å². The molecule has 0 unspecified atom stereocenters. The molecule has 0 amide bonds. The highest BCUT2D eigenvalue weighted by molar-refractivity contribution is 5.13. The first kappa shape index (κ1) is 9.19. The molecule has 0 bridgehead atoms. The molecular formula is C9H14N2O. The fraction of sp³-hybridized carbons (Fsp3) is 0.333. The largest absolute Gasteiger partial charge is 0.612 e. The number of benzene rings is 1. The van der Waals surface area contributed by atoms with Gasteiger partial charge in [-0.25, -0.2) is 0 Å². The highest BCUT2D eigenvalue weighted by Crippen LogP contribution is 1.98. The lowest BCUT2D eigenvalue weighted by molar-refractivity contribution is -0.888. The van der Waals surface area contributed by atoms with Gasteiger partial charge in [-0.3, -0.25) is 4.76 Å². The van der Waals surface area contributed by atoms with Crippen LogP contribution in [0, 0.1) is 5.21 Å². The molecule has 0 saturated heterocycles. The van der Waals surface area contributed by atoms with Gasteiger partial charge in [-0.2, -0.15) is 5.43 Å². The Morgan fingerprint density at radius 3 is 2.33 bits per heavy atom. The molecule has 0 aromatic heterocycles. The fourth-order valence-electron chi connectivity index (χ4n) is 0.878. The zero-order valence-corrected chi connectivity index (χ0v) is 7.45. The molecule has 12 heavy (non-hydrogen) atoms. The van der Waals surface area contributed by atoms with Crippen LogP contribution in [0.1, 0.15) is 5.56 Å². The molecule has 0 aliphatic heterocycles. The lowest BCUT2D eigenvalue weighted by atomic mass is 10.2. The van der Waals surface area contributed by atoms with Gasteiger partial charge >= 0.3 is 0 Å². The summed E-state index contributed by atoms with van der Waals surface area (Å²) in [5.74, 6) is 0. The molecule has 1 N–H and O–H groups in total. The summed E-state index contributed by atoms with van der Waals surface area (Å²) >= 11 is 0. The third kappa shape index (κ3) is 3.48. The van der Waals surface area contributed by atoms with Gasteiger partial charge in [0.15, 0.2) is 0 Å². The Hall–Kier alpha value is -0.900. The Bertz CT molecular complexity index is 228.